The van der Waals surface area contributed by atoms with Crippen LogP contribution in [0.4, 0.5) is 5.82 Å². The molecule has 27 heavy (non-hydrogen) atoms. The van der Waals surface area contributed by atoms with Gasteiger partial charge >= 0.3 is 0 Å². The van der Waals surface area contributed by atoms with E-state index in [2.05, 4.69) is 20.2 Å². The molecule has 6 nitrogen and oxygen atoms in total. The van der Waals surface area contributed by atoms with Gasteiger partial charge in [-0.15, -0.1) is 0 Å². The number of nitrogen functional groups attached to an aromatic ring is 1. The Bertz CT molecular complexity index is 1090. The lowest BCUT2D eigenvalue weighted by molar-refractivity contribution is 0.227. The van der Waals surface area contributed by atoms with E-state index in [9.17, 15) is 0 Å². The van der Waals surface area contributed by atoms with E-state index in [-0.39, 0.29) is 6.10 Å². The fourth-order valence-electron chi connectivity index (χ4n) is 2.90. The zero-order valence-electron chi connectivity index (χ0n) is 14.3. The number of pyridine rings is 2. The van der Waals surface area contributed by atoms with Crippen LogP contribution in [0.5, 0.6) is 5.75 Å². The standard InChI is InChI=1S/C19H15Cl2N5O/c1-10(18-14(20)8-23-9-15(18)21)27-12-3-4-16-13(6-12)19(26-25-16)11-2-5-17(22)24-7-11/h2-10H,1H3,(H2,22,24)(H,25,26). The highest BCUT2D eigenvalue weighted by Crippen LogP contribution is 2.34. The maximum Gasteiger partial charge on any atom is 0.124 e. The number of rotatable bonds is 4. The Morgan fingerprint density at radius 3 is 2.56 bits per heavy atom. The number of nitrogens with two attached hydrogens (primary N) is 1. The Kier molecular flexibility index (Phi) is 4.59. The minimum atomic E-state index is -0.348. The molecule has 0 amide bonds. The Hall–Kier alpha value is -2.83. The summed E-state index contributed by atoms with van der Waals surface area (Å²) in [6.07, 6.45) is 4.44. The van der Waals surface area contributed by atoms with Gasteiger partial charge in [0.05, 0.1) is 15.6 Å². The molecule has 0 aliphatic rings. The molecule has 3 N–H and O–H groups in total. The highest BCUT2D eigenvalue weighted by Gasteiger charge is 2.17. The van der Waals surface area contributed by atoms with Crippen molar-refractivity contribution in [2.75, 3.05) is 5.73 Å². The van der Waals surface area contributed by atoms with Gasteiger partial charge in [-0.3, -0.25) is 10.1 Å². The second-order valence-electron chi connectivity index (χ2n) is 6.03. The summed E-state index contributed by atoms with van der Waals surface area (Å²) in [5, 5.41) is 9.25. The molecule has 3 heterocycles. The second kappa shape index (κ2) is 7.06. The van der Waals surface area contributed by atoms with E-state index in [0.29, 0.717) is 27.2 Å². The van der Waals surface area contributed by atoms with Crippen molar-refractivity contribution in [3.8, 4) is 17.0 Å². The number of aromatic amines is 1. The molecule has 4 rings (SSSR count). The number of nitrogens with one attached hydrogen (secondary N) is 1. The minimum Gasteiger partial charge on any atom is -0.486 e. The first-order valence-electron chi connectivity index (χ1n) is 8.18. The molecule has 1 aromatic carbocycles. The average molecular weight is 400 g/mol. The third-order valence-corrected chi connectivity index (χ3v) is 4.81. The average Bonchev–Trinajstić information content (AvgIpc) is 3.05. The minimum absolute atomic E-state index is 0.348. The van der Waals surface area contributed by atoms with Crippen molar-refractivity contribution in [2.24, 2.45) is 0 Å². The van der Waals surface area contributed by atoms with Gasteiger partial charge in [0.2, 0.25) is 0 Å². The molecule has 1 atom stereocenters. The van der Waals surface area contributed by atoms with Crippen molar-refractivity contribution in [3.05, 3.63) is 64.5 Å². The molecule has 4 aromatic rings. The SMILES string of the molecule is CC(Oc1ccc2[nH]nc(-c3ccc(N)nc3)c2c1)c1c(Cl)cncc1Cl. The Morgan fingerprint density at radius 1 is 1.07 bits per heavy atom. The van der Waals surface area contributed by atoms with Crippen LogP contribution < -0.4 is 10.5 Å². The van der Waals surface area contributed by atoms with Crippen molar-refractivity contribution in [1.29, 1.82) is 0 Å². The largest absolute Gasteiger partial charge is 0.486 e. The van der Waals surface area contributed by atoms with E-state index in [1.165, 1.54) is 0 Å². The molecule has 0 fully saturated rings. The van der Waals surface area contributed by atoms with Gasteiger partial charge in [-0.2, -0.15) is 5.10 Å². The quantitative estimate of drug-likeness (QED) is 0.500. The maximum absolute atomic E-state index is 6.23. The van der Waals surface area contributed by atoms with Crippen LogP contribution in [0, 0.1) is 0 Å². The third-order valence-electron chi connectivity index (χ3n) is 4.20. The summed E-state index contributed by atoms with van der Waals surface area (Å²) >= 11 is 12.5. The number of nitrogens with zero attached hydrogens (tertiary/aromatic N) is 3. The zero-order chi connectivity index (χ0) is 19.0. The van der Waals surface area contributed by atoms with Gasteiger partial charge in [-0.05, 0) is 37.3 Å². The topological polar surface area (TPSA) is 89.7 Å². The Balaban J connectivity index is 1.69. The number of hydrogen-bond donors (Lipinski definition) is 2. The number of anilines is 1. The number of hydrogen-bond acceptors (Lipinski definition) is 5. The summed E-state index contributed by atoms with van der Waals surface area (Å²) in [4.78, 5) is 8.10. The number of aromatic nitrogens is 4. The van der Waals surface area contributed by atoms with Crippen molar-refractivity contribution >= 4 is 39.9 Å². The van der Waals surface area contributed by atoms with Gasteiger partial charge in [-0.1, -0.05) is 23.2 Å². The molecule has 136 valence electrons. The molecule has 0 bridgehead atoms. The van der Waals surface area contributed by atoms with E-state index >= 15 is 0 Å². The summed E-state index contributed by atoms with van der Waals surface area (Å²) in [5.74, 6) is 1.13. The Labute approximate surface area is 165 Å². The van der Waals surface area contributed by atoms with E-state index < -0.39 is 0 Å². The van der Waals surface area contributed by atoms with Crippen molar-refractivity contribution in [3.63, 3.8) is 0 Å². The van der Waals surface area contributed by atoms with Crippen molar-refractivity contribution in [2.45, 2.75) is 13.0 Å². The number of H-pyrrole nitrogens is 1. The van der Waals surface area contributed by atoms with E-state index in [1.807, 2.05) is 31.2 Å². The summed E-state index contributed by atoms with van der Waals surface area (Å²) in [7, 11) is 0. The van der Waals surface area contributed by atoms with Crippen LogP contribution in [-0.2, 0) is 0 Å². The lowest BCUT2D eigenvalue weighted by Gasteiger charge is -2.17. The molecule has 1 unspecified atom stereocenters. The smallest absolute Gasteiger partial charge is 0.124 e. The fourth-order valence-corrected chi connectivity index (χ4v) is 3.58. The molecule has 0 saturated carbocycles. The number of fused-ring (bicyclic) bond motifs is 1. The van der Waals surface area contributed by atoms with Crippen LogP contribution in [0.3, 0.4) is 0 Å². The van der Waals surface area contributed by atoms with Crippen LogP contribution in [0.1, 0.15) is 18.6 Å². The van der Waals surface area contributed by atoms with Crippen LogP contribution in [0.15, 0.2) is 48.9 Å². The molecule has 0 saturated heterocycles. The van der Waals surface area contributed by atoms with Gasteiger partial charge in [0.15, 0.2) is 0 Å². The van der Waals surface area contributed by atoms with Gasteiger partial charge in [0, 0.05) is 35.1 Å². The van der Waals surface area contributed by atoms with Crippen molar-refractivity contribution < 1.29 is 4.74 Å². The van der Waals surface area contributed by atoms with E-state index in [0.717, 1.165) is 22.2 Å². The first-order valence-corrected chi connectivity index (χ1v) is 8.94. The number of benzene rings is 1. The molecule has 0 radical (unpaired) electrons. The predicted molar refractivity (Wildman–Crippen MR) is 107 cm³/mol. The second-order valence-corrected chi connectivity index (χ2v) is 6.84. The van der Waals surface area contributed by atoms with Gasteiger partial charge in [0.1, 0.15) is 23.4 Å². The molecule has 8 heteroatoms. The molecule has 0 aliphatic carbocycles. The summed E-state index contributed by atoms with van der Waals surface area (Å²) in [6.45, 7) is 1.89. The third kappa shape index (κ3) is 3.41. The number of halogens is 2. The summed E-state index contributed by atoms with van der Waals surface area (Å²) in [6, 6.07) is 9.32. The molecule has 0 aliphatic heterocycles. The van der Waals surface area contributed by atoms with Crippen LogP contribution in [-0.4, -0.2) is 20.2 Å². The summed E-state index contributed by atoms with van der Waals surface area (Å²) < 4.78 is 6.08. The monoisotopic (exact) mass is 399 g/mol. The first-order chi connectivity index (χ1) is 13.0. The lowest BCUT2D eigenvalue weighted by atomic mass is 10.1. The maximum atomic E-state index is 6.23. The zero-order valence-corrected chi connectivity index (χ0v) is 15.8. The molecular formula is C19H15Cl2N5O. The van der Waals surface area contributed by atoms with E-state index in [1.54, 1.807) is 24.7 Å². The van der Waals surface area contributed by atoms with Crippen LogP contribution in [0.25, 0.3) is 22.2 Å². The van der Waals surface area contributed by atoms with Gasteiger partial charge < -0.3 is 10.5 Å². The molecule has 0 spiro atoms. The predicted octanol–water partition coefficient (Wildman–Crippen LogP) is 5.05. The Morgan fingerprint density at radius 2 is 1.85 bits per heavy atom. The molecule has 3 aromatic heterocycles. The highest BCUT2D eigenvalue weighted by atomic mass is 35.5. The van der Waals surface area contributed by atoms with Crippen molar-refractivity contribution in [1.82, 2.24) is 20.2 Å². The number of ether oxygens (including phenoxy) is 1. The van der Waals surface area contributed by atoms with Gasteiger partial charge in [0.25, 0.3) is 0 Å². The first kappa shape index (κ1) is 17.6. The van der Waals surface area contributed by atoms with Crippen LogP contribution >= 0.6 is 23.2 Å². The highest BCUT2D eigenvalue weighted by molar-refractivity contribution is 6.35. The normalized spacial score (nSPS) is 12.3. The lowest BCUT2D eigenvalue weighted by Crippen LogP contribution is -2.05. The van der Waals surface area contributed by atoms with Gasteiger partial charge in [-0.25, -0.2) is 4.98 Å². The molecular weight excluding hydrogens is 385 g/mol. The fraction of sp³-hybridized carbons (Fsp3) is 0.105. The summed E-state index contributed by atoms with van der Waals surface area (Å²) in [5.41, 5.74) is 8.89. The van der Waals surface area contributed by atoms with Crippen LogP contribution in [0.2, 0.25) is 10.0 Å². The van der Waals surface area contributed by atoms with E-state index in [4.69, 9.17) is 33.7 Å².